The zero-order valence-electron chi connectivity index (χ0n) is 10.4. The van der Waals surface area contributed by atoms with Gasteiger partial charge in [-0.3, -0.25) is 0 Å². The van der Waals surface area contributed by atoms with E-state index in [1.54, 1.807) is 0 Å². The molecule has 0 aromatic heterocycles. The van der Waals surface area contributed by atoms with Gasteiger partial charge in [0.1, 0.15) is 0 Å². The van der Waals surface area contributed by atoms with Gasteiger partial charge in [0, 0.05) is 17.0 Å². The summed E-state index contributed by atoms with van der Waals surface area (Å²) in [5.74, 6) is -0.268. The molecule has 3 nitrogen and oxygen atoms in total. The number of sulfonamides is 1. The first kappa shape index (κ1) is 19.7. The maximum atomic E-state index is 13.6. The van der Waals surface area contributed by atoms with Gasteiger partial charge < -0.3 is 0 Å². The van der Waals surface area contributed by atoms with E-state index in [0.717, 1.165) is 3.71 Å². The molecule has 1 aromatic carbocycles. The monoisotopic (exact) mass is 433 g/mol. The highest BCUT2D eigenvalue weighted by Crippen LogP contribution is 2.53. The maximum Gasteiger partial charge on any atom is 0.301 e. The van der Waals surface area contributed by atoms with Gasteiger partial charge in [0.25, 0.3) is 0 Å². The highest BCUT2D eigenvalue weighted by atomic mass is 35.5. The van der Waals surface area contributed by atoms with E-state index in [2.05, 4.69) is 0 Å². The van der Waals surface area contributed by atoms with Crippen LogP contribution in [0.15, 0.2) is 24.3 Å². The predicted molar refractivity (Wildman–Crippen MR) is 91.0 cm³/mol. The fourth-order valence-corrected chi connectivity index (χ4v) is 4.42. The topological polar surface area (TPSA) is 37.4 Å². The molecule has 120 valence electrons. The molecule has 0 aliphatic heterocycles. The van der Waals surface area contributed by atoms with Gasteiger partial charge in [-0.1, -0.05) is 58.0 Å². The third kappa shape index (κ3) is 5.09. The molecule has 0 aliphatic carbocycles. The Hall–Kier alpha value is 0.700. The van der Waals surface area contributed by atoms with Crippen molar-refractivity contribution in [1.82, 2.24) is 0 Å². The summed E-state index contributed by atoms with van der Waals surface area (Å²) in [6, 6.07) is 5.75. The van der Waals surface area contributed by atoms with E-state index in [0.29, 0.717) is 5.02 Å². The first-order chi connectivity index (χ1) is 9.40. The highest BCUT2D eigenvalue weighted by Gasteiger charge is 2.52. The lowest BCUT2D eigenvalue weighted by atomic mass is 10.3. The Morgan fingerprint density at radius 3 is 2.05 bits per heavy atom. The third-order valence-corrected chi connectivity index (χ3v) is 7.79. The van der Waals surface area contributed by atoms with Crippen LogP contribution >= 0.6 is 70.0 Å². The average Bonchev–Trinajstić information content (AvgIpc) is 2.36. The van der Waals surface area contributed by atoms with Crippen LogP contribution in [0, 0.1) is 0 Å². The predicted octanol–water partition coefficient (Wildman–Crippen LogP) is 5.38. The number of rotatable bonds is 6. The molecule has 0 saturated heterocycles. The quantitative estimate of drug-likeness (QED) is 0.445. The molecule has 0 atom stereocenters. The number of alkyl halides is 5. The molecule has 0 radical (unpaired) electrons. The van der Waals surface area contributed by atoms with Crippen LogP contribution in [0.4, 0.5) is 10.1 Å². The van der Waals surface area contributed by atoms with Gasteiger partial charge in [0.15, 0.2) is 0 Å². The number of hydrogen-bond donors (Lipinski definition) is 0. The Bertz CT molecular complexity index is 588. The second-order valence-corrected chi connectivity index (χ2v) is 10.7. The number of nitrogens with zero attached hydrogens (tertiary/aromatic N) is 1. The molecule has 0 amide bonds. The van der Waals surface area contributed by atoms with Crippen LogP contribution in [-0.4, -0.2) is 22.4 Å². The molecule has 0 aliphatic rings. The van der Waals surface area contributed by atoms with Crippen LogP contribution < -0.4 is 3.71 Å². The Kier molecular flexibility index (Phi) is 6.65. The maximum absolute atomic E-state index is 13.6. The van der Waals surface area contributed by atoms with Crippen LogP contribution in [0.3, 0.4) is 0 Å². The normalized spacial score (nSPS) is 13.3. The Morgan fingerprint density at radius 1 is 1.19 bits per heavy atom. The minimum Gasteiger partial charge on any atom is -0.209 e. The molecule has 0 saturated carbocycles. The van der Waals surface area contributed by atoms with Gasteiger partial charge in [0.2, 0.25) is 13.7 Å². The first-order valence-corrected chi connectivity index (χ1v) is 9.60. The lowest BCUT2D eigenvalue weighted by Gasteiger charge is -2.31. The van der Waals surface area contributed by atoms with Crippen molar-refractivity contribution in [2.75, 3.05) is 9.46 Å². The first-order valence-electron chi connectivity index (χ1n) is 5.33. The lowest BCUT2D eigenvalue weighted by Crippen LogP contribution is -2.36. The molecule has 0 unspecified atom stereocenters. The largest absolute Gasteiger partial charge is 0.301 e. The molecule has 0 fully saturated rings. The lowest BCUT2D eigenvalue weighted by molar-refractivity contribution is 0.401. The fraction of sp³-hybridized carbons (Fsp3) is 0.400. The zero-order valence-corrected chi connectivity index (χ0v) is 15.8. The van der Waals surface area contributed by atoms with Crippen molar-refractivity contribution in [2.24, 2.45) is 0 Å². The van der Waals surface area contributed by atoms with Crippen molar-refractivity contribution < 1.29 is 12.8 Å². The number of anilines is 1. The molecule has 0 N–H and O–H groups in total. The van der Waals surface area contributed by atoms with E-state index in [-0.39, 0.29) is 23.4 Å². The van der Waals surface area contributed by atoms with Crippen LogP contribution in [-0.2, 0) is 10.0 Å². The molecular formula is C10H9Cl5FNO2S2. The van der Waals surface area contributed by atoms with Crippen molar-refractivity contribution in [3.8, 4) is 0 Å². The van der Waals surface area contributed by atoms with Gasteiger partial charge in [-0.2, -0.15) is 0 Å². The average molecular weight is 436 g/mol. The van der Waals surface area contributed by atoms with Gasteiger partial charge in [-0.25, -0.2) is 16.5 Å². The molecule has 1 aromatic rings. The van der Waals surface area contributed by atoms with Crippen LogP contribution in [0.5, 0.6) is 0 Å². The van der Waals surface area contributed by atoms with Crippen molar-refractivity contribution in [1.29, 1.82) is 0 Å². The van der Waals surface area contributed by atoms with Crippen LogP contribution in [0.25, 0.3) is 0 Å². The van der Waals surface area contributed by atoms with E-state index >= 15 is 0 Å². The van der Waals surface area contributed by atoms with E-state index in [9.17, 15) is 12.8 Å². The second-order valence-electron chi connectivity index (χ2n) is 3.71. The number of hydrogen-bond acceptors (Lipinski definition) is 3. The van der Waals surface area contributed by atoms with E-state index in [1.807, 2.05) is 0 Å². The van der Waals surface area contributed by atoms with Crippen molar-refractivity contribution >= 4 is 85.7 Å². The number of halogens is 6. The van der Waals surface area contributed by atoms with Crippen molar-refractivity contribution in [3.05, 3.63) is 29.3 Å². The summed E-state index contributed by atoms with van der Waals surface area (Å²) in [5, 5.41) is 0.398. The summed E-state index contributed by atoms with van der Waals surface area (Å²) in [4.78, 5) is 0. The fourth-order valence-electron chi connectivity index (χ4n) is 1.11. The zero-order chi connectivity index (χ0) is 16.5. The Balaban J connectivity index is 3.26. The van der Waals surface area contributed by atoms with Gasteiger partial charge in [-0.05, 0) is 31.2 Å². The summed E-state index contributed by atoms with van der Waals surface area (Å²) in [6.45, 7) is 1.41. The SMILES string of the molecule is CCS(=O)(=O)N(SC(Cl)(Cl)C(F)(Cl)Cl)c1ccc(Cl)cc1. The van der Waals surface area contributed by atoms with Gasteiger partial charge in [0.05, 0.1) is 11.4 Å². The van der Waals surface area contributed by atoms with Gasteiger partial charge >= 0.3 is 4.59 Å². The minimum absolute atomic E-state index is 0.175. The molecule has 21 heavy (non-hydrogen) atoms. The molecule has 0 bridgehead atoms. The van der Waals surface area contributed by atoms with Crippen LogP contribution in [0.1, 0.15) is 6.92 Å². The number of benzene rings is 1. The summed E-state index contributed by atoms with van der Waals surface area (Å²) >= 11 is 27.9. The van der Waals surface area contributed by atoms with Crippen molar-refractivity contribution in [2.45, 2.75) is 15.2 Å². The molecule has 1 rings (SSSR count). The summed E-state index contributed by atoms with van der Waals surface area (Å²) in [6.07, 6.45) is 0. The summed E-state index contributed by atoms with van der Waals surface area (Å²) < 4.78 is 33.1. The summed E-state index contributed by atoms with van der Waals surface area (Å²) in [5.41, 5.74) is 0.175. The summed E-state index contributed by atoms with van der Waals surface area (Å²) in [7, 11) is -3.82. The highest BCUT2D eigenvalue weighted by molar-refractivity contribution is 8.16. The standard InChI is InChI=1S/C10H9Cl5FNO2S2/c1-2-21(18,19)17(8-5-3-7(11)4-6-8)20-10(14,15)9(12,13)16/h3-6H,2H2,1H3. The second kappa shape index (κ2) is 7.07. The van der Waals surface area contributed by atoms with Crippen LogP contribution in [0.2, 0.25) is 5.02 Å². The van der Waals surface area contributed by atoms with Crippen molar-refractivity contribution in [3.63, 3.8) is 0 Å². The molecule has 0 spiro atoms. The smallest absolute Gasteiger partial charge is 0.209 e. The van der Waals surface area contributed by atoms with Gasteiger partial charge in [-0.15, -0.1) is 0 Å². The Morgan fingerprint density at radius 2 is 1.67 bits per heavy atom. The van der Waals surface area contributed by atoms with E-state index in [1.165, 1.54) is 31.2 Å². The molecular weight excluding hydrogens is 427 g/mol. The molecule has 0 heterocycles. The third-order valence-electron chi connectivity index (χ3n) is 2.18. The Labute approximate surface area is 151 Å². The van der Waals surface area contributed by atoms with E-state index < -0.39 is 18.3 Å². The van der Waals surface area contributed by atoms with E-state index in [4.69, 9.17) is 58.0 Å². The minimum atomic E-state index is -3.82. The molecule has 11 heteroatoms.